The van der Waals surface area contributed by atoms with E-state index in [4.69, 9.17) is 0 Å². The predicted octanol–water partition coefficient (Wildman–Crippen LogP) is 3.55. The average molecular weight is 463 g/mol. The Morgan fingerprint density at radius 3 is 2.88 bits per heavy atom. The number of rotatable bonds is 6. The molecule has 1 aliphatic heterocycles. The van der Waals surface area contributed by atoms with E-state index in [1.54, 1.807) is 17.5 Å². The van der Waals surface area contributed by atoms with Crippen molar-refractivity contribution in [3.63, 3.8) is 0 Å². The molecule has 1 saturated heterocycles. The van der Waals surface area contributed by atoms with E-state index in [9.17, 15) is 4.79 Å². The zero-order chi connectivity index (χ0) is 22.6. The summed E-state index contributed by atoms with van der Waals surface area (Å²) in [5.74, 6) is 0.370. The first-order chi connectivity index (χ1) is 16.2. The molecule has 1 fully saturated rings. The van der Waals surface area contributed by atoms with Gasteiger partial charge >= 0.3 is 0 Å². The van der Waals surface area contributed by atoms with Crippen LogP contribution in [0.3, 0.4) is 0 Å². The van der Waals surface area contributed by atoms with Gasteiger partial charge in [0.2, 0.25) is 0 Å². The number of likely N-dealkylation sites (N-methyl/N-ethyl adjacent to an activating group) is 1. The zero-order valence-corrected chi connectivity index (χ0v) is 19.2. The smallest absolute Gasteiger partial charge is 0.275 e. The van der Waals surface area contributed by atoms with Crippen molar-refractivity contribution in [2.24, 2.45) is 0 Å². The molecule has 0 radical (unpaired) electrons. The van der Waals surface area contributed by atoms with E-state index in [1.165, 1.54) is 18.3 Å². The van der Waals surface area contributed by atoms with Gasteiger partial charge in [0.05, 0.1) is 17.3 Å². The molecule has 0 spiro atoms. The first-order valence-electron chi connectivity index (χ1n) is 11.0. The summed E-state index contributed by atoms with van der Waals surface area (Å²) in [5.41, 5.74) is 2.88. The summed E-state index contributed by atoms with van der Waals surface area (Å²) in [7, 11) is 2.18. The topological polar surface area (TPSA) is 102 Å². The molecule has 0 atom stereocenters. The van der Waals surface area contributed by atoms with Crippen molar-refractivity contribution in [1.29, 1.82) is 0 Å². The van der Waals surface area contributed by atoms with Crippen LogP contribution in [0.4, 0.5) is 17.2 Å². The van der Waals surface area contributed by atoms with Crippen molar-refractivity contribution in [3.05, 3.63) is 59.5 Å². The molecule has 10 heteroatoms. The van der Waals surface area contributed by atoms with Crippen LogP contribution in [0, 0.1) is 0 Å². The second-order valence-corrected chi connectivity index (χ2v) is 9.12. The summed E-state index contributed by atoms with van der Waals surface area (Å²) in [6.45, 7) is 5.37. The fourth-order valence-corrected chi connectivity index (χ4v) is 4.71. The molecule has 1 aliphatic rings. The number of nitrogens with zero attached hydrogens (tertiary/aromatic N) is 5. The monoisotopic (exact) mass is 462 g/mol. The molecule has 0 bridgehead atoms. The van der Waals surface area contributed by atoms with Gasteiger partial charge in [-0.2, -0.15) is 5.10 Å². The molecule has 4 aromatic rings. The fraction of sp³-hybridized carbons (Fsp3) is 0.304. The molecule has 3 N–H and O–H groups in total. The minimum atomic E-state index is -0.270. The SMILES string of the molecule is CN1CCCN(Cc2ccc(NC(=O)c3[nH]ncc3Nc3ncnc4sccc34)cc2)CC1. The number of fused-ring (bicyclic) bond motifs is 1. The molecule has 5 rings (SSSR count). The van der Waals surface area contributed by atoms with Crippen molar-refractivity contribution in [2.75, 3.05) is 43.9 Å². The molecule has 0 saturated carbocycles. The van der Waals surface area contributed by atoms with E-state index in [-0.39, 0.29) is 5.91 Å². The lowest BCUT2D eigenvalue weighted by atomic mass is 10.2. The molecule has 1 aromatic carbocycles. The van der Waals surface area contributed by atoms with Crippen LogP contribution in [0.5, 0.6) is 0 Å². The Balaban J connectivity index is 1.23. The summed E-state index contributed by atoms with van der Waals surface area (Å²) in [5, 5.41) is 15.8. The van der Waals surface area contributed by atoms with E-state index in [0.717, 1.165) is 48.6 Å². The molecule has 0 aliphatic carbocycles. The third-order valence-corrected chi connectivity index (χ3v) is 6.63. The Morgan fingerprint density at radius 2 is 2.00 bits per heavy atom. The zero-order valence-electron chi connectivity index (χ0n) is 18.4. The second kappa shape index (κ2) is 9.65. The van der Waals surface area contributed by atoms with Gasteiger partial charge in [0.15, 0.2) is 0 Å². The first-order valence-corrected chi connectivity index (χ1v) is 11.8. The molecule has 33 heavy (non-hydrogen) atoms. The highest BCUT2D eigenvalue weighted by atomic mass is 32.1. The third kappa shape index (κ3) is 5.03. The van der Waals surface area contributed by atoms with Gasteiger partial charge in [-0.25, -0.2) is 9.97 Å². The van der Waals surface area contributed by atoms with Gasteiger partial charge in [-0.1, -0.05) is 12.1 Å². The van der Waals surface area contributed by atoms with E-state index in [0.29, 0.717) is 17.2 Å². The standard InChI is InChI=1S/C23H26N8OS/c1-30-8-2-9-31(11-10-30)14-16-3-5-17(6-4-16)27-22(32)20-19(13-26-29-20)28-21-18-7-12-33-23(18)25-15-24-21/h3-7,12-13,15H,2,8-11,14H2,1H3,(H,26,29)(H,27,32)(H,24,25,28). The van der Waals surface area contributed by atoms with Crippen LogP contribution < -0.4 is 10.6 Å². The number of carbonyl (C=O) groups excluding carboxylic acids is 1. The van der Waals surface area contributed by atoms with Crippen LogP contribution in [0.2, 0.25) is 0 Å². The number of amides is 1. The summed E-state index contributed by atoms with van der Waals surface area (Å²) >= 11 is 1.54. The summed E-state index contributed by atoms with van der Waals surface area (Å²) in [6, 6.07) is 9.99. The van der Waals surface area contributed by atoms with Gasteiger partial charge in [0, 0.05) is 25.3 Å². The van der Waals surface area contributed by atoms with Crippen molar-refractivity contribution in [1.82, 2.24) is 30.0 Å². The number of carbonyl (C=O) groups is 1. The maximum absolute atomic E-state index is 12.9. The number of anilines is 3. The van der Waals surface area contributed by atoms with Crippen LogP contribution in [-0.4, -0.2) is 69.1 Å². The normalized spacial score (nSPS) is 15.4. The van der Waals surface area contributed by atoms with Crippen LogP contribution in [0.15, 0.2) is 48.2 Å². The van der Waals surface area contributed by atoms with Gasteiger partial charge in [-0.15, -0.1) is 11.3 Å². The summed E-state index contributed by atoms with van der Waals surface area (Å²) in [4.78, 5) is 27.2. The number of aromatic amines is 1. The Morgan fingerprint density at radius 1 is 1.12 bits per heavy atom. The first kappa shape index (κ1) is 21.5. The molecule has 1 amide bonds. The van der Waals surface area contributed by atoms with Crippen molar-refractivity contribution < 1.29 is 4.79 Å². The number of nitrogens with one attached hydrogen (secondary N) is 3. The van der Waals surface area contributed by atoms with Crippen molar-refractivity contribution in [3.8, 4) is 0 Å². The highest BCUT2D eigenvalue weighted by Crippen LogP contribution is 2.27. The number of benzene rings is 1. The number of hydrogen-bond donors (Lipinski definition) is 3. The Labute approximate surface area is 195 Å². The van der Waals surface area contributed by atoms with Crippen LogP contribution in [-0.2, 0) is 6.54 Å². The number of aromatic nitrogens is 4. The van der Waals surface area contributed by atoms with E-state index in [1.807, 2.05) is 23.6 Å². The number of thiophene rings is 1. The fourth-order valence-electron chi connectivity index (χ4n) is 3.97. The molecule has 0 unspecified atom stereocenters. The van der Waals surface area contributed by atoms with Gasteiger partial charge in [0.1, 0.15) is 22.7 Å². The van der Waals surface area contributed by atoms with Gasteiger partial charge in [0.25, 0.3) is 5.91 Å². The molecular formula is C23H26N8OS. The minimum absolute atomic E-state index is 0.270. The predicted molar refractivity (Wildman–Crippen MR) is 131 cm³/mol. The van der Waals surface area contributed by atoms with Gasteiger partial charge in [-0.05, 0) is 55.7 Å². The van der Waals surface area contributed by atoms with Crippen LogP contribution in [0.1, 0.15) is 22.5 Å². The van der Waals surface area contributed by atoms with Crippen LogP contribution >= 0.6 is 11.3 Å². The lowest BCUT2D eigenvalue weighted by molar-refractivity contribution is 0.102. The average Bonchev–Trinajstić information content (AvgIpc) is 3.44. The lowest BCUT2D eigenvalue weighted by Crippen LogP contribution is -2.28. The summed E-state index contributed by atoms with van der Waals surface area (Å²) < 4.78 is 0. The van der Waals surface area contributed by atoms with Gasteiger partial charge in [-0.3, -0.25) is 14.8 Å². The maximum atomic E-state index is 12.9. The Kier molecular flexibility index (Phi) is 6.29. The quantitative estimate of drug-likeness (QED) is 0.403. The Hall–Kier alpha value is -3.34. The van der Waals surface area contributed by atoms with Crippen LogP contribution in [0.25, 0.3) is 10.2 Å². The number of H-pyrrole nitrogens is 1. The van der Waals surface area contributed by atoms with E-state index >= 15 is 0 Å². The highest BCUT2D eigenvalue weighted by Gasteiger charge is 2.17. The molecule has 4 heterocycles. The van der Waals surface area contributed by atoms with E-state index in [2.05, 4.69) is 59.8 Å². The van der Waals surface area contributed by atoms with Crippen molar-refractivity contribution >= 4 is 44.7 Å². The molecular weight excluding hydrogens is 436 g/mol. The largest absolute Gasteiger partial charge is 0.336 e. The molecule has 170 valence electrons. The molecule has 3 aromatic heterocycles. The number of hydrogen-bond acceptors (Lipinski definition) is 8. The Bertz CT molecular complexity index is 1230. The van der Waals surface area contributed by atoms with Gasteiger partial charge < -0.3 is 15.5 Å². The maximum Gasteiger partial charge on any atom is 0.275 e. The van der Waals surface area contributed by atoms with Crippen molar-refractivity contribution in [2.45, 2.75) is 13.0 Å². The molecule has 9 nitrogen and oxygen atoms in total. The summed E-state index contributed by atoms with van der Waals surface area (Å²) in [6.07, 6.45) is 4.28. The third-order valence-electron chi connectivity index (χ3n) is 5.81. The highest BCUT2D eigenvalue weighted by molar-refractivity contribution is 7.16. The minimum Gasteiger partial charge on any atom is -0.336 e. The van der Waals surface area contributed by atoms with E-state index < -0.39 is 0 Å². The second-order valence-electron chi connectivity index (χ2n) is 8.23. The lowest BCUT2D eigenvalue weighted by Gasteiger charge is -2.20.